The monoisotopic (exact) mass is 537 g/mol. The molecular formula is C28H31N3O6S. The van der Waals surface area contributed by atoms with E-state index < -0.39 is 12.3 Å². The van der Waals surface area contributed by atoms with Crippen LogP contribution in [0.3, 0.4) is 0 Å². The summed E-state index contributed by atoms with van der Waals surface area (Å²) in [4.78, 5) is 31.6. The zero-order chi connectivity index (χ0) is 26.9. The number of hydrogen-bond acceptors (Lipinski definition) is 8. The molecule has 0 bridgehead atoms. The van der Waals surface area contributed by atoms with E-state index in [0.717, 1.165) is 16.7 Å². The Morgan fingerprint density at radius 3 is 2.47 bits per heavy atom. The van der Waals surface area contributed by atoms with Gasteiger partial charge >= 0.3 is 5.97 Å². The lowest BCUT2D eigenvalue weighted by molar-refractivity contribution is -0.268. The van der Waals surface area contributed by atoms with Crippen LogP contribution in [0.1, 0.15) is 55.3 Å². The van der Waals surface area contributed by atoms with E-state index in [-0.39, 0.29) is 49.9 Å². The van der Waals surface area contributed by atoms with Crippen LogP contribution in [-0.2, 0) is 25.7 Å². The van der Waals surface area contributed by atoms with Crippen molar-refractivity contribution in [2.75, 3.05) is 11.1 Å². The second kappa shape index (κ2) is 13.5. The number of aliphatic hydroxyl groups is 1. The number of aromatic nitrogens is 2. The summed E-state index contributed by atoms with van der Waals surface area (Å²) in [7, 11) is 0. The van der Waals surface area contributed by atoms with Crippen LogP contribution < -0.4 is 5.32 Å². The van der Waals surface area contributed by atoms with Crippen molar-refractivity contribution in [2.45, 2.75) is 56.4 Å². The Kier molecular flexibility index (Phi) is 9.83. The minimum absolute atomic E-state index is 0.0135. The number of benzene rings is 2. The number of rotatable bonds is 11. The molecule has 1 fully saturated rings. The predicted molar refractivity (Wildman–Crippen MR) is 142 cm³/mol. The Bertz CT molecular complexity index is 1210. The Hall–Kier alpha value is -3.31. The van der Waals surface area contributed by atoms with E-state index in [9.17, 15) is 14.7 Å². The number of anilines is 1. The fourth-order valence-corrected chi connectivity index (χ4v) is 5.18. The van der Waals surface area contributed by atoms with Crippen LogP contribution in [0.25, 0.3) is 0 Å². The van der Waals surface area contributed by atoms with Crippen molar-refractivity contribution in [1.29, 1.82) is 0 Å². The molecule has 3 aromatic rings. The molecular weight excluding hydrogens is 506 g/mol. The molecule has 0 saturated carbocycles. The lowest BCUT2D eigenvalue weighted by atomic mass is 9.91. The van der Waals surface area contributed by atoms with Crippen molar-refractivity contribution in [3.05, 3.63) is 83.7 Å². The van der Waals surface area contributed by atoms with Crippen LogP contribution in [0.2, 0.25) is 0 Å². The largest absolute Gasteiger partial charge is 0.481 e. The maximum Gasteiger partial charge on any atom is 0.303 e. The standard InChI is InChI=1S/C28H31N3O6S/c1-18-23(17-38-28-29-13-4-14-30-28)36-27(37-26(18)20-11-9-19(16-32)10-12-20)21-5-2-6-22(15-21)31-24(33)7-3-8-25(34)35/h2,4-6,9-15,18,23,26-27,32H,3,7-8,16-17H2,1H3,(H,31,33)(H,34,35)/t18-,23+,26+,27+/m0/s1. The van der Waals surface area contributed by atoms with Crippen molar-refractivity contribution in [3.63, 3.8) is 0 Å². The molecule has 4 atom stereocenters. The summed E-state index contributed by atoms with van der Waals surface area (Å²) in [5.74, 6) is -0.537. The molecule has 200 valence electrons. The van der Waals surface area contributed by atoms with Crippen LogP contribution in [0.5, 0.6) is 0 Å². The highest BCUT2D eigenvalue weighted by Gasteiger charge is 2.38. The number of carboxylic acid groups (broad SMARTS) is 1. The number of ether oxygens (including phenoxy) is 2. The molecule has 1 saturated heterocycles. The number of nitrogens with zero attached hydrogens (tertiary/aromatic N) is 2. The van der Waals surface area contributed by atoms with Gasteiger partial charge in [-0.25, -0.2) is 9.97 Å². The quantitative estimate of drug-likeness (QED) is 0.234. The van der Waals surface area contributed by atoms with Gasteiger partial charge in [-0.3, -0.25) is 9.59 Å². The molecule has 2 aromatic carbocycles. The smallest absolute Gasteiger partial charge is 0.303 e. The highest BCUT2D eigenvalue weighted by molar-refractivity contribution is 7.99. The third kappa shape index (κ3) is 7.61. The van der Waals surface area contributed by atoms with Crippen LogP contribution >= 0.6 is 11.8 Å². The minimum atomic E-state index is -0.923. The van der Waals surface area contributed by atoms with Crippen molar-refractivity contribution >= 4 is 29.3 Å². The summed E-state index contributed by atoms with van der Waals surface area (Å²) in [5.41, 5.74) is 3.14. The van der Waals surface area contributed by atoms with E-state index in [1.165, 1.54) is 11.8 Å². The Morgan fingerprint density at radius 2 is 1.76 bits per heavy atom. The van der Waals surface area contributed by atoms with Gasteiger partial charge in [0, 0.05) is 48.2 Å². The molecule has 0 radical (unpaired) electrons. The van der Waals surface area contributed by atoms with E-state index in [1.54, 1.807) is 24.5 Å². The SMILES string of the molecule is C[C@H]1[C@@H](CSc2ncccn2)O[C@@H](c2cccc(NC(=O)CCCC(=O)O)c2)O[C@H]1c1ccc(CO)cc1. The number of aliphatic hydroxyl groups excluding tert-OH is 1. The molecule has 0 unspecified atom stereocenters. The number of thioether (sulfide) groups is 1. The van der Waals surface area contributed by atoms with Crippen molar-refractivity contribution in [3.8, 4) is 0 Å². The van der Waals surface area contributed by atoms with Crippen molar-refractivity contribution < 1.29 is 29.3 Å². The van der Waals surface area contributed by atoms with Gasteiger partial charge in [-0.1, -0.05) is 55.1 Å². The van der Waals surface area contributed by atoms with E-state index in [2.05, 4.69) is 22.2 Å². The van der Waals surface area contributed by atoms with Gasteiger partial charge in [0.25, 0.3) is 0 Å². The van der Waals surface area contributed by atoms with E-state index >= 15 is 0 Å². The highest BCUT2D eigenvalue weighted by Crippen LogP contribution is 2.43. The second-order valence-electron chi connectivity index (χ2n) is 9.09. The number of amides is 1. The normalized spacial score (nSPS) is 21.1. The molecule has 0 aliphatic carbocycles. The van der Waals surface area contributed by atoms with Crippen LogP contribution in [-0.4, -0.2) is 43.9 Å². The maximum atomic E-state index is 12.3. The molecule has 10 heteroatoms. The lowest BCUT2D eigenvalue weighted by Crippen LogP contribution is -2.38. The van der Waals surface area contributed by atoms with Gasteiger partial charge in [-0.05, 0) is 35.7 Å². The number of hydrogen-bond donors (Lipinski definition) is 3. The molecule has 3 N–H and O–H groups in total. The van der Waals surface area contributed by atoms with Crippen molar-refractivity contribution in [2.24, 2.45) is 5.92 Å². The minimum Gasteiger partial charge on any atom is -0.481 e. The topological polar surface area (TPSA) is 131 Å². The number of nitrogens with one attached hydrogen (secondary N) is 1. The summed E-state index contributed by atoms with van der Waals surface area (Å²) in [6.07, 6.45) is 2.63. The molecule has 4 rings (SSSR count). The first kappa shape index (κ1) is 27.7. The van der Waals surface area contributed by atoms with Gasteiger partial charge in [-0.15, -0.1) is 0 Å². The van der Waals surface area contributed by atoms with Gasteiger partial charge < -0.3 is 25.0 Å². The first-order valence-electron chi connectivity index (χ1n) is 12.4. The summed E-state index contributed by atoms with van der Waals surface area (Å²) >= 11 is 1.52. The van der Waals surface area contributed by atoms with E-state index in [0.29, 0.717) is 16.6 Å². The molecule has 9 nitrogen and oxygen atoms in total. The van der Waals surface area contributed by atoms with Gasteiger partial charge in [0.1, 0.15) is 0 Å². The Labute approximate surface area is 225 Å². The molecule has 1 aliphatic heterocycles. The zero-order valence-corrected chi connectivity index (χ0v) is 21.8. The average Bonchev–Trinajstić information content (AvgIpc) is 2.93. The third-order valence-electron chi connectivity index (χ3n) is 6.28. The second-order valence-corrected chi connectivity index (χ2v) is 10.1. The fourth-order valence-electron chi connectivity index (χ4n) is 4.21. The van der Waals surface area contributed by atoms with Crippen LogP contribution in [0, 0.1) is 5.92 Å². The van der Waals surface area contributed by atoms with Crippen LogP contribution in [0.15, 0.2) is 72.1 Å². The first-order chi connectivity index (χ1) is 18.4. The van der Waals surface area contributed by atoms with Gasteiger partial charge in [0.15, 0.2) is 11.4 Å². The Morgan fingerprint density at radius 1 is 1.00 bits per heavy atom. The molecule has 0 spiro atoms. The van der Waals surface area contributed by atoms with E-state index in [1.807, 2.05) is 42.5 Å². The molecule has 1 amide bonds. The summed E-state index contributed by atoms with van der Waals surface area (Å²) in [5, 5.41) is 21.7. The van der Waals surface area contributed by atoms with Gasteiger partial charge in [0.2, 0.25) is 5.91 Å². The number of carbonyl (C=O) groups is 2. The first-order valence-corrected chi connectivity index (χ1v) is 13.4. The molecule has 1 aromatic heterocycles. The molecule has 38 heavy (non-hydrogen) atoms. The molecule has 2 heterocycles. The Balaban J connectivity index is 1.52. The van der Waals surface area contributed by atoms with Crippen LogP contribution in [0.4, 0.5) is 5.69 Å². The van der Waals surface area contributed by atoms with Gasteiger partial charge in [-0.2, -0.15) is 0 Å². The highest BCUT2D eigenvalue weighted by atomic mass is 32.2. The summed E-state index contributed by atoms with van der Waals surface area (Å²) in [6.45, 7) is 2.06. The molecule has 1 aliphatic rings. The summed E-state index contributed by atoms with van der Waals surface area (Å²) < 4.78 is 12.9. The van der Waals surface area contributed by atoms with E-state index in [4.69, 9.17) is 14.6 Å². The fraction of sp³-hybridized carbons (Fsp3) is 0.357. The average molecular weight is 538 g/mol. The predicted octanol–water partition coefficient (Wildman–Crippen LogP) is 4.75. The summed E-state index contributed by atoms with van der Waals surface area (Å²) in [6, 6.07) is 16.8. The van der Waals surface area contributed by atoms with Crippen molar-refractivity contribution in [1.82, 2.24) is 9.97 Å². The number of carbonyl (C=O) groups excluding carboxylic acids is 1. The number of aliphatic carboxylic acids is 1. The maximum absolute atomic E-state index is 12.3. The lowest BCUT2D eigenvalue weighted by Gasteiger charge is -2.41. The number of carboxylic acids is 1. The van der Waals surface area contributed by atoms with Gasteiger partial charge in [0.05, 0.1) is 18.8 Å². The third-order valence-corrected chi connectivity index (χ3v) is 7.24. The zero-order valence-electron chi connectivity index (χ0n) is 21.0.